The predicted molar refractivity (Wildman–Crippen MR) is 50.6 cm³/mol. The van der Waals surface area contributed by atoms with E-state index in [1.165, 1.54) is 44.9 Å². The van der Waals surface area contributed by atoms with Gasteiger partial charge in [-0.15, -0.1) is 0 Å². The zero-order valence-electron chi connectivity index (χ0n) is 8.10. The molecule has 1 aliphatic carbocycles. The van der Waals surface area contributed by atoms with Crippen LogP contribution in [0.3, 0.4) is 0 Å². The van der Waals surface area contributed by atoms with Gasteiger partial charge in [0.15, 0.2) is 0 Å². The van der Waals surface area contributed by atoms with E-state index in [-0.39, 0.29) is 0 Å². The third-order valence-electron chi connectivity index (χ3n) is 3.22. The zero-order chi connectivity index (χ0) is 8.10. The van der Waals surface area contributed by atoms with Crippen molar-refractivity contribution in [2.45, 2.75) is 58.8 Å². The summed E-state index contributed by atoms with van der Waals surface area (Å²) in [6, 6.07) is 0. The van der Waals surface area contributed by atoms with Gasteiger partial charge in [0.05, 0.1) is 0 Å². The van der Waals surface area contributed by atoms with Gasteiger partial charge in [-0.25, -0.2) is 0 Å². The maximum atomic E-state index is 2.43. The summed E-state index contributed by atoms with van der Waals surface area (Å²) in [6.07, 6.45) is 10.3. The van der Waals surface area contributed by atoms with Crippen molar-refractivity contribution in [1.29, 1.82) is 0 Å². The number of rotatable bonds is 4. The molecule has 0 spiro atoms. The van der Waals surface area contributed by atoms with Crippen molar-refractivity contribution in [1.82, 2.24) is 0 Å². The molecule has 11 heavy (non-hydrogen) atoms. The van der Waals surface area contributed by atoms with Gasteiger partial charge in [-0.2, -0.15) is 0 Å². The Morgan fingerprint density at radius 1 is 1.18 bits per heavy atom. The first-order chi connectivity index (χ1) is 5.34. The number of hydrogen-bond donors (Lipinski definition) is 0. The third kappa shape index (κ3) is 2.84. The smallest absolute Gasteiger partial charge is 0.0388 e. The van der Waals surface area contributed by atoms with E-state index in [2.05, 4.69) is 13.8 Å². The Balaban J connectivity index is 2.05. The lowest BCUT2D eigenvalue weighted by Crippen LogP contribution is -2.02. The molecule has 0 amide bonds. The lowest BCUT2D eigenvalue weighted by Gasteiger charge is -2.13. The monoisotopic (exact) mass is 154 g/mol. The summed E-state index contributed by atoms with van der Waals surface area (Å²) in [6.45, 7) is 4.72. The number of unbranched alkanes of at least 4 members (excludes halogenated alkanes) is 2. The molecule has 0 unspecified atom stereocenters. The molecule has 66 valence electrons. The van der Waals surface area contributed by atoms with Crippen molar-refractivity contribution < 1.29 is 0 Å². The molecular weight excluding hydrogens is 132 g/mol. The molecule has 0 bridgehead atoms. The Kier molecular flexibility index (Phi) is 3.96. The summed E-state index contributed by atoms with van der Waals surface area (Å²) in [5, 5.41) is 0. The molecule has 0 saturated heterocycles. The molecule has 2 atom stereocenters. The van der Waals surface area contributed by atoms with E-state index in [1.807, 2.05) is 0 Å². The molecule has 1 fully saturated rings. The topological polar surface area (TPSA) is 0 Å². The summed E-state index contributed by atoms with van der Waals surface area (Å²) >= 11 is 0. The molecule has 0 nitrogen and oxygen atoms in total. The molecule has 0 aromatic carbocycles. The van der Waals surface area contributed by atoms with Crippen LogP contribution in [0, 0.1) is 11.8 Å². The second-order valence-corrected chi connectivity index (χ2v) is 4.16. The molecule has 0 aliphatic heterocycles. The third-order valence-corrected chi connectivity index (χ3v) is 3.22. The number of hydrogen-bond acceptors (Lipinski definition) is 0. The predicted octanol–water partition coefficient (Wildman–Crippen LogP) is 4.00. The Morgan fingerprint density at radius 3 is 2.55 bits per heavy atom. The quantitative estimate of drug-likeness (QED) is 0.537. The van der Waals surface area contributed by atoms with Gasteiger partial charge in [0.2, 0.25) is 0 Å². The fourth-order valence-electron chi connectivity index (χ4n) is 2.31. The highest BCUT2D eigenvalue weighted by Crippen LogP contribution is 2.34. The molecule has 0 aromatic heterocycles. The first-order valence-electron chi connectivity index (χ1n) is 5.34. The minimum Gasteiger partial charge on any atom is -0.0654 e. The minimum absolute atomic E-state index is 1.03. The molecule has 1 aliphatic rings. The van der Waals surface area contributed by atoms with E-state index in [0.717, 1.165) is 11.8 Å². The molecular formula is C11H22. The molecule has 0 N–H and O–H groups in total. The lowest BCUT2D eigenvalue weighted by atomic mass is 9.92. The maximum absolute atomic E-state index is 2.43. The van der Waals surface area contributed by atoms with Gasteiger partial charge in [0, 0.05) is 0 Å². The van der Waals surface area contributed by atoms with Crippen LogP contribution >= 0.6 is 0 Å². The lowest BCUT2D eigenvalue weighted by molar-refractivity contribution is 0.376. The largest absolute Gasteiger partial charge is 0.0654 e. The average Bonchev–Trinajstić information content (AvgIpc) is 2.37. The molecule has 0 heterocycles. The Morgan fingerprint density at radius 2 is 2.00 bits per heavy atom. The van der Waals surface area contributed by atoms with Crippen molar-refractivity contribution >= 4 is 0 Å². The van der Waals surface area contributed by atoms with Crippen molar-refractivity contribution in [3.63, 3.8) is 0 Å². The first kappa shape index (κ1) is 9.09. The second kappa shape index (κ2) is 4.79. The van der Waals surface area contributed by atoms with Crippen LogP contribution in [0.5, 0.6) is 0 Å². The van der Waals surface area contributed by atoms with Crippen LogP contribution in [-0.2, 0) is 0 Å². The molecule has 0 heteroatoms. The van der Waals surface area contributed by atoms with E-state index in [1.54, 1.807) is 0 Å². The van der Waals surface area contributed by atoms with Crippen LogP contribution in [0.4, 0.5) is 0 Å². The summed E-state index contributed by atoms with van der Waals surface area (Å²) in [5.41, 5.74) is 0. The Labute approximate surface area is 71.4 Å². The normalized spacial score (nSPS) is 31.1. The van der Waals surface area contributed by atoms with E-state index in [0.29, 0.717) is 0 Å². The summed E-state index contributed by atoms with van der Waals surface area (Å²) in [4.78, 5) is 0. The van der Waals surface area contributed by atoms with Crippen molar-refractivity contribution in [3.05, 3.63) is 0 Å². The van der Waals surface area contributed by atoms with Crippen molar-refractivity contribution in [2.24, 2.45) is 11.8 Å². The van der Waals surface area contributed by atoms with Gasteiger partial charge in [-0.05, 0) is 11.8 Å². The van der Waals surface area contributed by atoms with Gasteiger partial charge in [-0.3, -0.25) is 0 Å². The Bertz CT molecular complexity index is 96.2. The molecule has 1 rings (SSSR count). The van der Waals surface area contributed by atoms with Crippen molar-refractivity contribution in [2.75, 3.05) is 0 Å². The van der Waals surface area contributed by atoms with Gasteiger partial charge in [-0.1, -0.05) is 58.8 Å². The van der Waals surface area contributed by atoms with Gasteiger partial charge >= 0.3 is 0 Å². The average molecular weight is 154 g/mol. The fraction of sp³-hybridized carbons (Fsp3) is 1.00. The zero-order valence-corrected chi connectivity index (χ0v) is 8.10. The highest BCUT2D eigenvalue weighted by Gasteiger charge is 2.21. The van der Waals surface area contributed by atoms with E-state index in [4.69, 9.17) is 0 Å². The van der Waals surface area contributed by atoms with Crippen LogP contribution in [-0.4, -0.2) is 0 Å². The van der Waals surface area contributed by atoms with Gasteiger partial charge in [0.1, 0.15) is 0 Å². The van der Waals surface area contributed by atoms with Crippen LogP contribution in [0.15, 0.2) is 0 Å². The van der Waals surface area contributed by atoms with Gasteiger partial charge in [0.25, 0.3) is 0 Å². The maximum Gasteiger partial charge on any atom is -0.0388 e. The SMILES string of the molecule is CCCCC[C@H]1CCC[C@H]1C. The summed E-state index contributed by atoms with van der Waals surface area (Å²) in [5.74, 6) is 2.12. The van der Waals surface area contributed by atoms with E-state index < -0.39 is 0 Å². The second-order valence-electron chi connectivity index (χ2n) is 4.16. The fourth-order valence-corrected chi connectivity index (χ4v) is 2.31. The van der Waals surface area contributed by atoms with Crippen molar-refractivity contribution in [3.8, 4) is 0 Å². The molecule has 0 radical (unpaired) electrons. The molecule has 1 saturated carbocycles. The van der Waals surface area contributed by atoms with Gasteiger partial charge < -0.3 is 0 Å². The molecule has 0 aromatic rings. The van der Waals surface area contributed by atoms with Crippen LogP contribution in [0.1, 0.15) is 58.8 Å². The van der Waals surface area contributed by atoms with Crippen LogP contribution < -0.4 is 0 Å². The highest BCUT2D eigenvalue weighted by molar-refractivity contribution is 4.73. The highest BCUT2D eigenvalue weighted by atomic mass is 14.3. The standard InChI is InChI=1S/C11H22/c1-3-4-5-8-11-9-6-7-10(11)2/h10-11H,3-9H2,1-2H3/t10-,11+/m1/s1. The van der Waals surface area contributed by atoms with E-state index in [9.17, 15) is 0 Å². The minimum atomic E-state index is 1.03. The first-order valence-corrected chi connectivity index (χ1v) is 5.34. The summed E-state index contributed by atoms with van der Waals surface area (Å²) in [7, 11) is 0. The van der Waals surface area contributed by atoms with Crippen LogP contribution in [0.2, 0.25) is 0 Å². The Hall–Kier alpha value is 0. The van der Waals surface area contributed by atoms with E-state index >= 15 is 0 Å². The van der Waals surface area contributed by atoms with Crippen LogP contribution in [0.25, 0.3) is 0 Å². The summed E-state index contributed by atoms with van der Waals surface area (Å²) < 4.78 is 0.